The second kappa shape index (κ2) is 7.34. The van der Waals surface area contributed by atoms with Crippen molar-refractivity contribution in [3.63, 3.8) is 0 Å². The molecule has 1 aromatic carbocycles. The Bertz CT molecular complexity index is 443. The molecule has 0 spiro atoms. The molecule has 0 aliphatic heterocycles. The van der Waals surface area contributed by atoms with E-state index in [2.05, 4.69) is 39.9 Å². The van der Waals surface area contributed by atoms with Gasteiger partial charge in [0.15, 0.2) is 0 Å². The monoisotopic (exact) mass is 311 g/mol. The molecule has 0 saturated carbocycles. The number of carboxylic acid groups (broad SMARTS) is 1. The van der Waals surface area contributed by atoms with Gasteiger partial charge < -0.3 is 10.0 Å². The van der Waals surface area contributed by atoms with Crippen molar-refractivity contribution in [1.29, 1.82) is 0 Å². The number of carboxylic acids is 1. The molecule has 98 valence electrons. The largest absolute Gasteiger partial charge is 0.478 e. The van der Waals surface area contributed by atoms with E-state index in [-0.39, 0.29) is 0 Å². The minimum absolute atomic E-state index is 0.652. The van der Waals surface area contributed by atoms with Gasteiger partial charge in [-0.3, -0.25) is 0 Å². The molecule has 0 radical (unpaired) electrons. The lowest BCUT2D eigenvalue weighted by Crippen LogP contribution is -2.21. The van der Waals surface area contributed by atoms with Gasteiger partial charge in [-0.15, -0.1) is 0 Å². The third kappa shape index (κ3) is 5.47. The summed E-state index contributed by atoms with van der Waals surface area (Å²) in [6, 6.07) is 6.28. The van der Waals surface area contributed by atoms with Gasteiger partial charge in [0.05, 0.1) is 0 Å². The van der Waals surface area contributed by atoms with Crippen molar-refractivity contribution in [3.8, 4) is 0 Å². The van der Waals surface area contributed by atoms with Gasteiger partial charge in [0, 0.05) is 23.6 Å². The van der Waals surface area contributed by atoms with Crippen molar-refractivity contribution in [2.45, 2.75) is 13.3 Å². The molecule has 0 atom stereocenters. The number of aliphatic carboxylic acids is 1. The van der Waals surface area contributed by atoms with Crippen LogP contribution in [0.1, 0.15) is 11.1 Å². The van der Waals surface area contributed by atoms with E-state index in [9.17, 15) is 4.79 Å². The van der Waals surface area contributed by atoms with Crippen molar-refractivity contribution < 1.29 is 9.90 Å². The molecule has 0 amide bonds. The maximum atomic E-state index is 10.3. The molecule has 0 heterocycles. The lowest BCUT2D eigenvalue weighted by Gasteiger charge is -2.15. The van der Waals surface area contributed by atoms with E-state index in [4.69, 9.17) is 5.11 Å². The zero-order valence-corrected chi connectivity index (χ0v) is 12.3. The topological polar surface area (TPSA) is 40.5 Å². The number of hydrogen-bond acceptors (Lipinski definition) is 2. The maximum Gasteiger partial charge on any atom is 0.328 e. The number of aryl methyl sites for hydroxylation is 1. The summed E-state index contributed by atoms with van der Waals surface area (Å²) in [5, 5.41) is 8.49. The fraction of sp³-hybridized carbons (Fsp3) is 0.357. The molecule has 0 aromatic heterocycles. The number of rotatable bonds is 6. The van der Waals surface area contributed by atoms with E-state index in [1.54, 1.807) is 6.08 Å². The first kappa shape index (κ1) is 14.9. The van der Waals surface area contributed by atoms with Gasteiger partial charge in [0.25, 0.3) is 0 Å². The Balaban J connectivity index is 2.44. The fourth-order valence-electron chi connectivity index (χ4n) is 1.65. The van der Waals surface area contributed by atoms with Crippen molar-refractivity contribution in [2.75, 3.05) is 20.1 Å². The van der Waals surface area contributed by atoms with Crippen molar-refractivity contribution in [1.82, 2.24) is 4.90 Å². The number of benzene rings is 1. The quantitative estimate of drug-likeness (QED) is 0.821. The molecule has 0 aliphatic rings. The van der Waals surface area contributed by atoms with E-state index in [1.807, 2.05) is 13.1 Å². The van der Waals surface area contributed by atoms with Gasteiger partial charge >= 0.3 is 5.97 Å². The Morgan fingerprint density at radius 2 is 2.22 bits per heavy atom. The number of hydrogen-bond donors (Lipinski definition) is 1. The summed E-state index contributed by atoms with van der Waals surface area (Å²) in [5.41, 5.74) is 2.60. The first-order valence-corrected chi connectivity index (χ1v) is 6.61. The number of carbonyl (C=O) groups is 1. The van der Waals surface area contributed by atoms with Crippen LogP contribution >= 0.6 is 15.9 Å². The van der Waals surface area contributed by atoms with Crippen molar-refractivity contribution in [3.05, 3.63) is 46.0 Å². The molecule has 0 fully saturated rings. The Hall–Kier alpha value is -1.13. The van der Waals surface area contributed by atoms with Crippen LogP contribution in [0.15, 0.2) is 34.8 Å². The number of likely N-dealkylation sites (N-methyl/N-ethyl adjacent to an activating group) is 1. The zero-order valence-electron chi connectivity index (χ0n) is 10.7. The molecule has 18 heavy (non-hydrogen) atoms. The predicted octanol–water partition coefficient (Wildman–Crippen LogP) is 2.87. The molecule has 0 bridgehead atoms. The predicted molar refractivity (Wildman–Crippen MR) is 76.9 cm³/mol. The molecule has 3 nitrogen and oxygen atoms in total. The molecular formula is C14H18BrNO2. The highest BCUT2D eigenvalue weighted by Crippen LogP contribution is 2.16. The molecule has 1 aromatic rings. The van der Waals surface area contributed by atoms with Gasteiger partial charge in [-0.25, -0.2) is 4.79 Å². The third-order valence-electron chi connectivity index (χ3n) is 2.75. The molecule has 4 heteroatoms. The van der Waals surface area contributed by atoms with Crippen LogP contribution in [0.2, 0.25) is 0 Å². The van der Waals surface area contributed by atoms with Crippen LogP contribution < -0.4 is 0 Å². The van der Waals surface area contributed by atoms with E-state index >= 15 is 0 Å². The highest BCUT2D eigenvalue weighted by atomic mass is 79.9. The molecule has 0 aliphatic carbocycles. The highest BCUT2D eigenvalue weighted by Gasteiger charge is 2.02. The molecule has 1 rings (SSSR count). The lowest BCUT2D eigenvalue weighted by atomic mass is 10.1. The fourth-order valence-corrected chi connectivity index (χ4v) is 2.05. The molecule has 1 N–H and O–H groups in total. The summed E-state index contributed by atoms with van der Waals surface area (Å²) in [5.74, 6) is -0.897. The minimum Gasteiger partial charge on any atom is -0.478 e. The third-order valence-corrected chi connectivity index (χ3v) is 3.24. The van der Waals surface area contributed by atoms with Crippen LogP contribution in [0, 0.1) is 6.92 Å². The second-order valence-corrected chi connectivity index (χ2v) is 5.24. The SMILES string of the molecule is Cc1ccc(Br)cc1CCN(C)C/C=C/C(=O)O. The second-order valence-electron chi connectivity index (χ2n) is 4.32. The molecule has 0 saturated heterocycles. The summed E-state index contributed by atoms with van der Waals surface area (Å²) in [6.45, 7) is 3.66. The number of halogens is 1. The minimum atomic E-state index is -0.897. The van der Waals surface area contributed by atoms with Crippen LogP contribution in [-0.2, 0) is 11.2 Å². The Kier molecular flexibility index (Phi) is 6.09. The van der Waals surface area contributed by atoms with Crippen LogP contribution in [0.25, 0.3) is 0 Å². The van der Waals surface area contributed by atoms with Gasteiger partial charge in [0.1, 0.15) is 0 Å². The van der Waals surface area contributed by atoms with E-state index < -0.39 is 5.97 Å². The van der Waals surface area contributed by atoms with Crippen LogP contribution in [0.5, 0.6) is 0 Å². The molecular weight excluding hydrogens is 294 g/mol. The Labute approximate surface area is 116 Å². The van der Waals surface area contributed by atoms with E-state index in [0.29, 0.717) is 6.54 Å². The van der Waals surface area contributed by atoms with Crippen molar-refractivity contribution >= 4 is 21.9 Å². The maximum absolute atomic E-state index is 10.3. The normalized spacial score (nSPS) is 11.3. The van der Waals surface area contributed by atoms with Crippen molar-refractivity contribution in [2.24, 2.45) is 0 Å². The van der Waals surface area contributed by atoms with E-state index in [1.165, 1.54) is 17.2 Å². The van der Waals surface area contributed by atoms with Gasteiger partial charge in [-0.05, 0) is 43.7 Å². The summed E-state index contributed by atoms with van der Waals surface area (Å²) in [6.07, 6.45) is 3.81. The van der Waals surface area contributed by atoms with E-state index in [0.717, 1.165) is 17.4 Å². The zero-order chi connectivity index (χ0) is 13.5. The summed E-state index contributed by atoms with van der Waals surface area (Å²) >= 11 is 3.47. The Morgan fingerprint density at radius 3 is 2.89 bits per heavy atom. The summed E-state index contributed by atoms with van der Waals surface area (Å²) < 4.78 is 1.09. The first-order valence-electron chi connectivity index (χ1n) is 5.82. The average Bonchev–Trinajstić information content (AvgIpc) is 2.30. The highest BCUT2D eigenvalue weighted by molar-refractivity contribution is 9.10. The van der Waals surface area contributed by atoms with Crippen LogP contribution in [0.4, 0.5) is 0 Å². The Morgan fingerprint density at radius 1 is 1.50 bits per heavy atom. The number of nitrogens with zero attached hydrogens (tertiary/aromatic N) is 1. The average molecular weight is 312 g/mol. The standard InChI is InChI=1S/C14H18BrNO2/c1-11-5-6-13(15)10-12(11)7-9-16(2)8-3-4-14(17)18/h3-6,10H,7-9H2,1-2H3,(H,17,18)/b4-3+. The van der Waals surface area contributed by atoms with Crippen LogP contribution in [0.3, 0.4) is 0 Å². The first-order chi connectivity index (χ1) is 8.49. The van der Waals surface area contributed by atoms with Gasteiger partial charge in [-0.1, -0.05) is 28.1 Å². The van der Waals surface area contributed by atoms with Gasteiger partial charge in [-0.2, -0.15) is 0 Å². The van der Waals surface area contributed by atoms with Crippen LogP contribution in [-0.4, -0.2) is 36.1 Å². The lowest BCUT2D eigenvalue weighted by molar-refractivity contribution is -0.131. The summed E-state index contributed by atoms with van der Waals surface area (Å²) in [4.78, 5) is 12.4. The smallest absolute Gasteiger partial charge is 0.328 e. The van der Waals surface area contributed by atoms with Gasteiger partial charge in [0.2, 0.25) is 0 Å². The molecule has 0 unspecified atom stereocenters. The summed E-state index contributed by atoms with van der Waals surface area (Å²) in [7, 11) is 1.99.